The summed E-state index contributed by atoms with van der Waals surface area (Å²) in [5.41, 5.74) is 23.6. The molecule has 0 aromatic heterocycles. The van der Waals surface area contributed by atoms with Crippen LogP contribution in [-0.4, -0.2) is 125 Å². The monoisotopic (exact) mass is 850 g/mol. The van der Waals surface area contributed by atoms with Gasteiger partial charge in [0.2, 0.25) is 11.7 Å². The van der Waals surface area contributed by atoms with Gasteiger partial charge in [-0.2, -0.15) is 59.7 Å². The van der Waals surface area contributed by atoms with Gasteiger partial charge in [0, 0.05) is 72.5 Å². The highest BCUT2D eigenvalue weighted by Gasteiger charge is 2.30. The van der Waals surface area contributed by atoms with E-state index in [1.807, 2.05) is 35.3 Å². The Morgan fingerprint density at radius 2 is 1.19 bits per heavy atom. The summed E-state index contributed by atoms with van der Waals surface area (Å²) >= 11 is 11.5. The van der Waals surface area contributed by atoms with E-state index < -0.39 is 0 Å². The number of rotatable bonds is 28. The number of unbranched alkanes of at least 4 members (excludes halogenated alkanes) is 6. The lowest BCUT2D eigenvalue weighted by molar-refractivity contribution is -0.453. The zero-order valence-electron chi connectivity index (χ0n) is 34.6. The lowest BCUT2D eigenvalue weighted by Gasteiger charge is -2.35. The highest BCUT2D eigenvalue weighted by molar-refractivity contribution is 8.04. The van der Waals surface area contributed by atoms with Crippen LogP contribution in [0.1, 0.15) is 111 Å². The number of aliphatic hydroxyl groups excluding tert-OH is 1. The van der Waals surface area contributed by atoms with E-state index in [-0.39, 0.29) is 18.3 Å². The molecule has 0 saturated heterocycles. The Labute approximate surface area is 348 Å². The van der Waals surface area contributed by atoms with Crippen LogP contribution in [0.15, 0.2) is 0 Å². The lowest BCUT2D eigenvalue weighted by atomic mass is 9.87. The predicted molar refractivity (Wildman–Crippen MR) is 245 cm³/mol. The van der Waals surface area contributed by atoms with Crippen LogP contribution in [0.4, 0.5) is 0 Å². The smallest absolute Gasteiger partial charge is 0.332 e. The van der Waals surface area contributed by atoms with E-state index in [9.17, 15) is 0 Å². The van der Waals surface area contributed by atoms with Crippen molar-refractivity contribution in [2.45, 2.75) is 125 Å². The summed E-state index contributed by atoms with van der Waals surface area (Å²) in [6.07, 6.45) is 20.7. The number of aliphatic hydroxyl groups is 1. The maximum atomic E-state index is 8.64. The molecule has 0 heterocycles. The third-order valence-corrected chi connectivity index (χ3v) is 14.1. The molecule has 0 bridgehead atoms. The first-order valence-corrected chi connectivity index (χ1v) is 24.5. The maximum absolute atomic E-state index is 8.64. The SMILES string of the molecule is COC(=[NH2+])CCCCCCC(=[NH2+])CO.CSCC[NH+]=C(N)CCCCCCC(N)=[NH+]CCSC1CCC1C.NCCSC1CCC1SCCN.O.[2H]CS. The number of nitrogens with one attached hydrogen (secondary N) is 2. The Balaban J connectivity index is -0.000000739. The van der Waals surface area contributed by atoms with Gasteiger partial charge in [-0.1, -0.05) is 32.6 Å². The zero-order valence-corrected chi connectivity index (χ0v) is 37.8. The number of ether oxygens (including phenoxy) is 1. The molecule has 2 rings (SSSR count). The Hall–Kier alpha value is -0.330. The van der Waals surface area contributed by atoms with Gasteiger partial charge in [0.1, 0.15) is 6.61 Å². The van der Waals surface area contributed by atoms with Crippen molar-refractivity contribution in [1.29, 1.82) is 0 Å². The van der Waals surface area contributed by atoms with Gasteiger partial charge < -0.3 is 26.8 Å². The van der Waals surface area contributed by atoms with Gasteiger partial charge in [0.15, 0.2) is 5.71 Å². The minimum atomic E-state index is 0. The van der Waals surface area contributed by atoms with Crippen molar-refractivity contribution >= 4 is 83.0 Å². The molecule has 0 aromatic rings. The first kappa shape index (κ1) is 54.8. The van der Waals surface area contributed by atoms with Crippen LogP contribution in [0, 0.1) is 5.92 Å². The summed E-state index contributed by atoms with van der Waals surface area (Å²) in [5, 5.41) is 22.2. The van der Waals surface area contributed by atoms with E-state index in [1.54, 1.807) is 7.11 Å². The predicted octanol–water partition coefficient (Wildman–Crippen LogP) is -0.957. The van der Waals surface area contributed by atoms with Crippen molar-refractivity contribution in [3.05, 3.63) is 0 Å². The number of amidine groups is 2. The fourth-order valence-corrected chi connectivity index (χ4v) is 9.48. The molecule has 2 aliphatic rings. The Bertz CT molecular complexity index is 897. The molecular formula is C37H84N8O3S5+4. The van der Waals surface area contributed by atoms with Crippen molar-refractivity contribution in [1.82, 2.24) is 0 Å². The van der Waals surface area contributed by atoms with Gasteiger partial charge in [-0.3, -0.25) is 26.9 Å². The quantitative estimate of drug-likeness (QED) is 0.0200. The van der Waals surface area contributed by atoms with Gasteiger partial charge in [0.05, 0.1) is 26.6 Å². The minimum Gasteiger partial charge on any atom is -0.451 e. The molecule has 53 heavy (non-hydrogen) atoms. The topological polar surface area (TPSA) is 244 Å². The van der Waals surface area contributed by atoms with Crippen LogP contribution in [0.25, 0.3) is 0 Å². The van der Waals surface area contributed by atoms with Crippen LogP contribution in [0.3, 0.4) is 0 Å². The van der Waals surface area contributed by atoms with E-state index in [1.165, 1.54) is 57.1 Å². The van der Waals surface area contributed by atoms with Crippen LogP contribution in [-0.2, 0) is 4.74 Å². The molecule has 16 heteroatoms. The number of hydrogen-bond acceptors (Lipinski definition) is 9. The molecule has 0 radical (unpaired) electrons. The molecule has 2 aliphatic carbocycles. The molecule has 0 aliphatic heterocycles. The molecule has 4 unspecified atom stereocenters. The fraction of sp³-hybridized carbons (Fsp3) is 0.892. The standard InChI is InChI=1S/C18H36N4S2.C10H20N2O2.C8H18N2S2.CH4S.H2O/c1-15-9-10-16(15)24-14-12-22-18(20)8-6-4-3-5-7-17(19)21-11-13-23-2;1-14-10(12)7-5-3-2-4-6-9(11)8-13;9-3-5-11-7-1-2-8(7)12-6-4-10;1-2;/h15-16H,3-14H2,1-2H3,(H2,19,21)(H2,20,22);11-13H,2-8H2,1H3;7-8H,1-6,9-10H2;2H,1H3;1H2/p+4/i;;;1D;. The molecule has 2 saturated carbocycles. The van der Waals surface area contributed by atoms with E-state index in [2.05, 4.69) is 47.6 Å². The average molecular weight is 850 g/mol. The molecule has 17 N–H and O–H groups in total. The van der Waals surface area contributed by atoms with Crippen molar-refractivity contribution in [2.24, 2.45) is 28.9 Å². The van der Waals surface area contributed by atoms with Gasteiger partial charge >= 0.3 is 5.90 Å². The van der Waals surface area contributed by atoms with Crippen LogP contribution in [0.2, 0.25) is 0 Å². The van der Waals surface area contributed by atoms with Crippen LogP contribution in [0.5, 0.6) is 0 Å². The van der Waals surface area contributed by atoms with Crippen LogP contribution < -0.4 is 43.7 Å². The molecule has 11 nitrogen and oxygen atoms in total. The molecule has 4 atom stereocenters. The second kappa shape index (κ2) is 42.8. The zero-order chi connectivity index (χ0) is 40.0. The number of nitrogens with two attached hydrogens (primary N) is 6. The molecule has 0 aromatic carbocycles. The van der Waals surface area contributed by atoms with Crippen molar-refractivity contribution in [3.63, 3.8) is 0 Å². The summed E-state index contributed by atoms with van der Waals surface area (Å²) in [6.45, 7) is 5.98. The van der Waals surface area contributed by atoms with Gasteiger partial charge in [-0.25, -0.2) is 5.41 Å². The first-order chi connectivity index (χ1) is 25.6. The number of hydrogen-bond donors (Lipinski definition) is 10. The summed E-state index contributed by atoms with van der Waals surface area (Å²) in [6, 6.07) is 0. The van der Waals surface area contributed by atoms with Gasteiger partial charge in [-0.15, -0.1) is 0 Å². The fourth-order valence-electron chi connectivity index (χ4n) is 5.23. The van der Waals surface area contributed by atoms with Crippen LogP contribution >= 0.6 is 59.7 Å². The average Bonchev–Trinajstić information content (AvgIpc) is 3.14. The van der Waals surface area contributed by atoms with Gasteiger partial charge in [0.25, 0.3) is 0 Å². The number of thioether (sulfide) groups is 4. The Kier molecular flexibility index (Phi) is 44.2. The first-order valence-electron chi connectivity index (χ1n) is 20.0. The molecular weight excluding hydrogens is 765 g/mol. The van der Waals surface area contributed by atoms with Crippen molar-refractivity contribution < 1.29 is 37.5 Å². The van der Waals surface area contributed by atoms with E-state index in [0.29, 0.717) is 11.6 Å². The summed E-state index contributed by atoms with van der Waals surface area (Å²) in [7, 11) is 1.59. The summed E-state index contributed by atoms with van der Waals surface area (Å²) in [4.78, 5) is 6.65. The molecule has 0 spiro atoms. The van der Waals surface area contributed by atoms with E-state index >= 15 is 0 Å². The van der Waals surface area contributed by atoms with Gasteiger partial charge in [-0.05, 0) is 69.8 Å². The minimum absolute atomic E-state index is 0. The number of thiol groups is 1. The summed E-state index contributed by atoms with van der Waals surface area (Å²) < 4.78 is 10.9. The number of methoxy groups -OCH3 is 1. The highest BCUT2D eigenvalue weighted by atomic mass is 32.2. The Morgan fingerprint density at radius 3 is 1.57 bits per heavy atom. The van der Waals surface area contributed by atoms with E-state index in [4.69, 9.17) is 45.0 Å². The molecule has 316 valence electrons. The van der Waals surface area contributed by atoms with Crippen molar-refractivity contribution in [3.8, 4) is 0 Å². The normalized spacial score (nSPS) is 19.3. The maximum Gasteiger partial charge on any atom is 0.332 e. The van der Waals surface area contributed by atoms with E-state index in [0.717, 1.165) is 128 Å². The molecule has 0 amide bonds. The summed E-state index contributed by atoms with van der Waals surface area (Å²) in [5.74, 6) is 7.94. The second-order valence-corrected chi connectivity index (χ2v) is 18.2. The highest BCUT2D eigenvalue weighted by Crippen LogP contribution is 2.39. The lowest BCUT2D eigenvalue weighted by Crippen LogP contribution is -2.76. The third-order valence-electron chi connectivity index (χ3n) is 8.81. The Morgan fingerprint density at radius 1 is 0.755 bits per heavy atom. The second-order valence-electron chi connectivity index (χ2n) is 13.1. The molecule has 2 fully saturated rings. The largest absolute Gasteiger partial charge is 0.451 e. The third kappa shape index (κ3) is 35.8. The van der Waals surface area contributed by atoms with Crippen molar-refractivity contribution in [2.75, 3.05) is 75.4 Å².